The van der Waals surface area contributed by atoms with Crippen LogP contribution in [-0.4, -0.2) is 36.6 Å². The molecule has 2 heterocycles. The predicted octanol–water partition coefficient (Wildman–Crippen LogP) is 3.95. The van der Waals surface area contributed by atoms with Crippen LogP contribution in [-0.2, 0) is 9.53 Å². The molecule has 0 aliphatic carbocycles. The fourth-order valence-electron chi connectivity index (χ4n) is 3.50. The van der Waals surface area contributed by atoms with Crippen molar-refractivity contribution in [1.82, 2.24) is 4.98 Å². The third-order valence-corrected chi connectivity index (χ3v) is 4.96. The van der Waals surface area contributed by atoms with Crippen LogP contribution in [0.2, 0.25) is 0 Å². The molecule has 3 aromatic rings. The molecule has 0 radical (unpaired) electrons. The van der Waals surface area contributed by atoms with Crippen LogP contribution in [0.4, 0.5) is 11.4 Å². The van der Waals surface area contributed by atoms with Crippen LogP contribution in [0.15, 0.2) is 54.6 Å². The second kappa shape index (κ2) is 8.17. The molecule has 0 spiro atoms. The van der Waals surface area contributed by atoms with E-state index < -0.39 is 5.97 Å². The van der Waals surface area contributed by atoms with Gasteiger partial charge >= 0.3 is 5.97 Å². The van der Waals surface area contributed by atoms with Crippen molar-refractivity contribution in [1.29, 1.82) is 0 Å². The van der Waals surface area contributed by atoms with Gasteiger partial charge in [-0.3, -0.25) is 4.79 Å². The van der Waals surface area contributed by atoms with E-state index in [2.05, 4.69) is 15.2 Å². The molecular weight excluding hydrogens is 354 g/mol. The number of rotatable bonds is 5. The average molecular weight is 377 g/mol. The Bertz CT molecular complexity index is 939. The molecule has 0 bridgehead atoms. The number of aromatic nitrogens is 1. The molecule has 6 heteroatoms. The quantitative estimate of drug-likeness (QED) is 0.660. The normalized spacial score (nSPS) is 14.1. The molecule has 6 nitrogen and oxygen atoms in total. The summed E-state index contributed by atoms with van der Waals surface area (Å²) in [7, 11) is 0. The Balaban J connectivity index is 1.29. The summed E-state index contributed by atoms with van der Waals surface area (Å²) in [6.45, 7) is 1.83. The van der Waals surface area contributed by atoms with Crippen LogP contribution < -0.4 is 10.2 Å². The Morgan fingerprint density at radius 1 is 1.00 bits per heavy atom. The summed E-state index contributed by atoms with van der Waals surface area (Å²) >= 11 is 0. The maximum atomic E-state index is 12.2. The van der Waals surface area contributed by atoms with Gasteiger partial charge < -0.3 is 19.9 Å². The zero-order valence-corrected chi connectivity index (χ0v) is 15.6. The summed E-state index contributed by atoms with van der Waals surface area (Å²) in [5.74, 6) is -0.915. The maximum absolute atomic E-state index is 12.2. The third-order valence-electron chi connectivity index (χ3n) is 4.96. The van der Waals surface area contributed by atoms with Gasteiger partial charge in [-0.05, 0) is 55.7 Å². The van der Waals surface area contributed by atoms with Gasteiger partial charge in [-0.2, -0.15) is 0 Å². The number of nitrogens with one attached hydrogen (secondary N) is 2. The SMILES string of the molecule is O=C(COC(=O)c1cc2ccccc2[nH]1)Nc1ccc(N2CCCCC2)cc1. The lowest BCUT2D eigenvalue weighted by atomic mass is 10.1. The number of aromatic amines is 1. The lowest BCUT2D eigenvalue weighted by Crippen LogP contribution is -2.29. The first-order valence-corrected chi connectivity index (χ1v) is 9.59. The van der Waals surface area contributed by atoms with Gasteiger partial charge in [-0.15, -0.1) is 0 Å². The molecule has 0 unspecified atom stereocenters. The first kappa shape index (κ1) is 18.1. The third kappa shape index (κ3) is 4.17. The first-order chi connectivity index (χ1) is 13.7. The topological polar surface area (TPSA) is 74.4 Å². The Kier molecular flexibility index (Phi) is 5.28. The smallest absolute Gasteiger partial charge is 0.355 e. The van der Waals surface area contributed by atoms with Gasteiger partial charge in [-0.25, -0.2) is 4.79 Å². The van der Waals surface area contributed by atoms with E-state index in [0.29, 0.717) is 11.4 Å². The summed E-state index contributed by atoms with van der Waals surface area (Å²) in [4.78, 5) is 29.6. The van der Waals surface area contributed by atoms with E-state index in [0.717, 1.165) is 24.0 Å². The Hall–Kier alpha value is -3.28. The summed E-state index contributed by atoms with van der Waals surface area (Å²) in [6, 6.07) is 17.1. The van der Waals surface area contributed by atoms with Crippen molar-refractivity contribution in [3.63, 3.8) is 0 Å². The molecule has 0 saturated carbocycles. The van der Waals surface area contributed by atoms with Crippen LogP contribution in [0.1, 0.15) is 29.8 Å². The molecule has 144 valence electrons. The summed E-state index contributed by atoms with van der Waals surface area (Å²) in [5, 5.41) is 3.68. The van der Waals surface area contributed by atoms with Crippen LogP contribution in [0.5, 0.6) is 0 Å². The molecule has 1 aromatic heterocycles. The van der Waals surface area contributed by atoms with Gasteiger partial charge in [0.2, 0.25) is 0 Å². The van der Waals surface area contributed by atoms with Gasteiger partial charge in [0.25, 0.3) is 5.91 Å². The highest BCUT2D eigenvalue weighted by Crippen LogP contribution is 2.22. The van der Waals surface area contributed by atoms with Crippen molar-refractivity contribution in [3.05, 3.63) is 60.3 Å². The number of esters is 1. The van der Waals surface area contributed by atoms with E-state index in [1.165, 1.54) is 24.9 Å². The van der Waals surface area contributed by atoms with E-state index >= 15 is 0 Å². The minimum Gasteiger partial charge on any atom is -0.451 e. The van der Waals surface area contributed by atoms with Crippen LogP contribution >= 0.6 is 0 Å². The van der Waals surface area contributed by atoms with Crippen molar-refractivity contribution in [2.24, 2.45) is 0 Å². The fraction of sp³-hybridized carbons (Fsp3) is 0.273. The summed E-state index contributed by atoms with van der Waals surface area (Å²) in [6.07, 6.45) is 3.74. The molecule has 2 aromatic carbocycles. The maximum Gasteiger partial charge on any atom is 0.355 e. The molecule has 28 heavy (non-hydrogen) atoms. The van der Waals surface area contributed by atoms with Gasteiger partial charge in [0.15, 0.2) is 6.61 Å². The van der Waals surface area contributed by atoms with Crippen LogP contribution in [0.25, 0.3) is 10.9 Å². The summed E-state index contributed by atoms with van der Waals surface area (Å²) in [5.41, 5.74) is 3.04. The standard InChI is InChI=1S/C22H23N3O3/c26-21(15-28-22(27)20-14-16-6-2-3-7-19(16)24-20)23-17-8-10-18(11-9-17)25-12-4-1-5-13-25/h2-3,6-11,14,24H,1,4-5,12-13,15H2,(H,23,26). The first-order valence-electron chi connectivity index (χ1n) is 9.59. The average Bonchev–Trinajstić information content (AvgIpc) is 3.18. The highest BCUT2D eigenvalue weighted by molar-refractivity contribution is 5.97. The molecule has 1 fully saturated rings. The van der Waals surface area contributed by atoms with Gasteiger partial charge in [0.1, 0.15) is 5.69 Å². The molecule has 2 N–H and O–H groups in total. The number of ether oxygens (including phenoxy) is 1. The zero-order chi connectivity index (χ0) is 19.3. The van der Waals surface area contributed by atoms with E-state index in [-0.39, 0.29) is 12.5 Å². The number of H-pyrrole nitrogens is 1. The summed E-state index contributed by atoms with van der Waals surface area (Å²) < 4.78 is 5.12. The fourth-order valence-corrected chi connectivity index (χ4v) is 3.50. The highest BCUT2D eigenvalue weighted by Gasteiger charge is 2.14. The van der Waals surface area contributed by atoms with Gasteiger partial charge in [0, 0.05) is 35.4 Å². The van der Waals surface area contributed by atoms with Crippen molar-refractivity contribution < 1.29 is 14.3 Å². The molecule has 1 amide bonds. The number of anilines is 2. The molecular formula is C22H23N3O3. The largest absolute Gasteiger partial charge is 0.451 e. The lowest BCUT2D eigenvalue weighted by Gasteiger charge is -2.28. The van der Waals surface area contributed by atoms with E-state index in [1.807, 2.05) is 48.5 Å². The van der Waals surface area contributed by atoms with Crippen molar-refractivity contribution in [2.45, 2.75) is 19.3 Å². The van der Waals surface area contributed by atoms with E-state index in [4.69, 9.17) is 4.74 Å². The molecule has 4 rings (SSSR count). The monoisotopic (exact) mass is 377 g/mol. The lowest BCUT2D eigenvalue weighted by molar-refractivity contribution is -0.119. The second-order valence-electron chi connectivity index (χ2n) is 6.99. The van der Waals surface area contributed by atoms with E-state index in [1.54, 1.807) is 6.07 Å². The number of para-hydroxylation sites is 1. The van der Waals surface area contributed by atoms with Crippen LogP contribution in [0.3, 0.4) is 0 Å². The van der Waals surface area contributed by atoms with Crippen molar-refractivity contribution in [2.75, 3.05) is 29.9 Å². The Labute approximate surface area is 163 Å². The number of hydrogen-bond acceptors (Lipinski definition) is 4. The highest BCUT2D eigenvalue weighted by atomic mass is 16.5. The number of benzene rings is 2. The van der Waals surface area contributed by atoms with E-state index in [9.17, 15) is 9.59 Å². The molecule has 1 aliphatic heterocycles. The van der Waals surface area contributed by atoms with Gasteiger partial charge in [0.05, 0.1) is 0 Å². The van der Waals surface area contributed by atoms with Gasteiger partial charge in [-0.1, -0.05) is 18.2 Å². The number of amides is 1. The van der Waals surface area contributed by atoms with Crippen LogP contribution in [0, 0.1) is 0 Å². The number of nitrogens with zero attached hydrogens (tertiary/aromatic N) is 1. The Morgan fingerprint density at radius 2 is 1.75 bits per heavy atom. The minimum atomic E-state index is -0.549. The predicted molar refractivity (Wildman–Crippen MR) is 110 cm³/mol. The number of piperidine rings is 1. The number of carbonyl (C=O) groups excluding carboxylic acids is 2. The Morgan fingerprint density at radius 3 is 2.50 bits per heavy atom. The minimum absolute atomic E-state index is 0.331. The van der Waals surface area contributed by atoms with Crippen molar-refractivity contribution >= 4 is 34.2 Å². The molecule has 0 atom stereocenters. The van der Waals surface area contributed by atoms with Crippen molar-refractivity contribution in [3.8, 4) is 0 Å². The number of fused-ring (bicyclic) bond motifs is 1. The molecule has 1 aliphatic rings. The number of hydrogen-bond donors (Lipinski definition) is 2. The zero-order valence-electron chi connectivity index (χ0n) is 15.6. The molecule has 1 saturated heterocycles. The number of carbonyl (C=O) groups is 2. The second-order valence-corrected chi connectivity index (χ2v) is 6.99.